The summed E-state index contributed by atoms with van der Waals surface area (Å²) >= 11 is 0. The molecular weight excluding hydrogens is 519 g/mol. The third-order valence-electron chi connectivity index (χ3n) is 8.25. The molecule has 1 aromatic carbocycles. The van der Waals surface area contributed by atoms with Crippen LogP contribution >= 0.6 is 0 Å². The van der Waals surface area contributed by atoms with E-state index in [1.165, 1.54) is 0 Å². The first-order chi connectivity index (χ1) is 18.9. The van der Waals surface area contributed by atoms with Crippen molar-refractivity contribution >= 4 is 23.3 Å². The SMILES string of the molecule is CC(C)CC(=O)[C@H]1CCC[C@H]1Cc1nc(Nc2ccc(C(=O)N(C)C3CCN(C)CC3)cc2)ncc1C(F)(F)F. The van der Waals surface area contributed by atoms with E-state index in [2.05, 4.69) is 27.2 Å². The number of carbonyl (C=O) groups is 2. The fourth-order valence-corrected chi connectivity index (χ4v) is 5.95. The molecule has 2 atom stereocenters. The number of alkyl halides is 3. The molecule has 7 nitrogen and oxygen atoms in total. The Hall–Kier alpha value is -3.01. The van der Waals surface area contributed by atoms with Crippen molar-refractivity contribution in [3.63, 3.8) is 0 Å². The Kier molecular flexibility index (Phi) is 9.48. The number of ketones is 1. The molecule has 10 heteroatoms. The smallest absolute Gasteiger partial charge is 0.339 e. The molecule has 2 aromatic rings. The fraction of sp³-hybridized carbons (Fsp3) is 0.600. The molecule has 0 unspecified atom stereocenters. The average molecular weight is 560 g/mol. The summed E-state index contributed by atoms with van der Waals surface area (Å²) in [6.45, 7) is 5.86. The monoisotopic (exact) mass is 559 g/mol. The van der Waals surface area contributed by atoms with Gasteiger partial charge in [0.2, 0.25) is 5.95 Å². The largest absolute Gasteiger partial charge is 0.419 e. The lowest BCUT2D eigenvalue weighted by Crippen LogP contribution is -2.44. The molecule has 1 aliphatic carbocycles. The van der Waals surface area contributed by atoms with Crippen LogP contribution in [0.15, 0.2) is 30.5 Å². The lowest BCUT2D eigenvalue weighted by atomic mass is 9.84. The molecule has 4 rings (SSSR count). The third kappa shape index (κ3) is 7.38. The van der Waals surface area contributed by atoms with E-state index in [1.807, 2.05) is 20.9 Å². The average Bonchev–Trinajstić information content (AvgIpc) is 3.36. The van der Waals surface area contributed by atoms with E-state index in [9.17, 15) is 22.8 Å². The van der Waals surface area contributed by atoms with Crippen LogP contribution in [-0.2, 0) is 17.4 Å². The quantitative estimate of drug-likeness (QED) is 0.407. The van der Waals surface area contributed by atoms with Crippen molar-refractivity contribution in [3.8, 4) is 0 Å². The minimum Gasteiger partial charge on any atom is -0.339 e. The summed E-state index contributed by atoms with van der Waals surface area (Å²) in [5.41, 5.74) is 0.151. The molecule has 2 aliphatic rings. The minimum atomic E-state index is -4.59. The number of benzene rings is 1. The molecule has 1 aliphatic heterocycles. The van der Waals surface area contributed by atoms with Crippen LogP contribution in [0.3, 0.4) is 0 Å². The van der Waals surface area contributed by atoms with E-state index in [0.29, 0.717) is 30.5 Å². The number of carbonyl (C=O) groups excluding carboxylic acids is 2. The molecule has 1 N–H and O–H groups in total. The first kappa shape index (κ1) is 30.0. The zero-order chi connectivity index (χ0) is 29.0. The number of halogens is 3. The standard InChI is InChI=1S/C30H40F3N5O2/c1-19(2)16-27(39)24-7-5-6-21(24)17-26-25(30(31,32)33)18-34-29(36-26)35-22-10-8-20(9-11-22)28(40)38(4)23-12-14-37(3)15-13-23/h8-11,18-19,21,23-24H,5-7,12-17H2,1-4H3,(H,34,35,36)/t21-,24-/m0/s1. The molecule has 0 radical (unpaired) electrons. The highest BCUT2D eigenvalue weighted by Gasteiger charge is 2.38. The maximum Gasteiger partial charge on any atom is 0.419 e. The van der Waals surface area contributed by atoms with Crippen molar-refractivity contribution in [1.82, 2.24) is 19.8 Å². The summed E-state index contributed by atoms with van der Waals surface area (Å²) in [5.74, 6) is -0.0596. The maximum atomic E-state index is 13.8. The van der Waals surface area contributed by atoms with E-state index < -0.39 is 11.7 Å². The molecule has 2 fully saturated rings. The molecule has 1 saturated carbocycles. The Morgan fingerprint density at radius 3 is 2.40 bits per heavy atom. The number of piperidine rings is 1. The van der Waals surface area contributed by atoms with Crippen LogP contribution in [-0.4, -0.2) is 64.7 Å². The molecule has 1 amide bonds. The lowest BCUT2D eigenvalue weighted by Gasteiger charge is -2.35. The van der Waals surface area contributed by atoms with Gasteiger partial charge in [-0.1, -0.05) is 20.3 Å². The van der Waals surface area contributed by atoms with E-state index in [0.717, 1.165) is 38.5 Å². The molecule has 2 heterocycles. The predicted molar refractivity (Wildman–Crippen MR) is 148 cm³/mol. The second kappa shape index (κ2) is 12.7. The summed E-state index contributed by atoms with van der Waals surface area (Å²) in [6, 6.07) is 7.00. The van der Waals surface area contributed by atoms with Gasteiger partial charge in [-0.15, -0.1) is 0 Å². The van der Waals surface area contributed by atoms with E-state index >= 15 is 0 Å². The Morgan fingerprint density at radius 1 is 1.10 bits per heavy atom. The van der Waals surface area contributed by atoms with Gasteiger partial charge in [-0.2, -0.15) is 13.2 Å². The van der Waals surface area contributed by atoms with Gasteiger partial charge in [-0.25, -0.2) is 9.97 Å². The van der Waals surface area contributed by atoms with Crippen molar-refractivity contribution in [2.75, 3.05) is 32.5 Å². The molecule has 40 heavy (non-hydrogen) atoms. The van der Waals surface area contributed by atoms with Crippen molar-refractivity contribution < 1.29 is 22.8 Å². The van der Waals surface area contributed by atoms with Gasteiger partial charge in [-0.05, 0) is 88.3 Å². The first-order valence-corrected chi connectivity index (χ1v) is 14.2. The van der Waals surface area contributed by atoms with Crippen molar-refractivity contribution in [3.05, 3.63) is 47.3 Å². The molecule has 0 spiro atoms. The van der Waals surface area contributed by atoms with Crippen LogP contribution in [0.1, 0.15) is 74.0 Å². The fourth-order valence-electron chi connectivity index (χ4n) is 5.95. The second-order valence-electron chi connectivity index (χ2n) is 11.8. The Morgan fingerprint density at radius 2 is 1.77 bits per heavy atom. The summed E-state index contributed by atoms with van der Waals surface area (Å²) in [5, 5.41) is 2.98. The molecular formula is C30H40F3N5O2. The van der Waals surface area contributed by atoms with E-state index in [4.69, 9.17) is 0 Å². The number of amides is 1. The van der Waals surface area contributed by atoms with Crippen molar-refractivity contribution in [2.45, 2.75) is 71.0 Å². The number of Topliss-reactive ketones (excluding diaryl/α,β-unsaturated/α-hetero) is 1. The summed E-state index contributed by atoms with van der Waals surface area (Å²) < 4.78 is 41.5. The van der Waals surface area contributed by atoms with E-state index in [-0.39, 0.29) is 53.5 Å². The number of hydrogen-bond acceptors (Lipinski definition) is 6. The van der Waals surface area contributed by atoms with Crippen LogP contribution in [0.2, 0.25) is 0 Å². The van der Waals surface area contributed by atoms with Crippen molar-refractivity contribution in [1.29, 1.82) is 0 Å². The predicted octanol–water partition coefficient (Wildman–Crippen LogP) is 5.98. The Labute approximate surface area is 234 Å². The zero-order valence-corrected chi connectivity index (χ0v) is 23.8. The number of anilines is 2. The van der Waals surface area contributed by atoms with Crippen LogP contribution in [0.25, 0.3) is 0 Å². The summed E-state index contributed by atoms with van der Waals surface area (Å²) in [4.78, 5) is 38.0. The topological polar surface area (TPSA) is 78.4 Å². The number of nitrogens with zero attached hydrogens (tertiary/aromatic N) is 4. The van der Waals surface area contributed by atoms with Crippen LogP contribution in [0.4, 0.5) is 24.8 Å². The molecule has 0 bridgehead atoms. The first-order valence-electron chi connectivity index (χ1n) is 14.2. The Balaban J connectivity index is 1.47. The van der Waals surface area contributed by atoms with Crippen LogP contribution in [0.5, 0.6) is 0 Å². The van der Waals surface area contributed by atoms with Gasteiger partial charge in [-0.3, -0.25) is 9.59 Å². The van der Waals surface area contributed by atoms with Gasteiger partial charge in [0.1, 0.15) is 5.78 Å². The molecule has 218 valence electrons. The highest BCUT2D eigenvalue weighted by molar-refractivity contribution is 5.94. The van der Waals surface area contributed by atoms with Crippen LogP contribution < -0.4 is 5.32 Å². The maximum absolute atomic E-state index is 13.8. The minimum absolute atomic E-state index is 0.0496. The van der Waals surface area contributed by atoms with E-state index in [1.54, 1.807) is 29.2 Å². The van der Waals surface area contributed by atoms with Gasteiger partial charge in [0, 0.05) is 42.9 Å². The van der Waals surface area contributed by atoms with Gasteiger partial charge in [0.05, 0.1) is 11.3 Å². The van der Waals surface area contributed by atoms with Crippen LogP contribution in [0, 0.1) is 17.8 Å². The number of nitrogens with one attached hydrogen (secondary N) is 1. The molecule has 1 saturated heterocycles. The number of rotatable bonds is 9. The zero-order valence-electron chi connectivity index (χ0n) is 23.8. The highest BCUT2D eigenvalue weighted by Crippen LogP contribution is 2.39. The number of likely N-dealkylation sites (tertiary alicyclic amines) is 1. The lowest BCUT2D eigenvalue weighted by molar-refractivity contribution is -0.138. The summed E-state index contributed by atoms with van der Waals surface area (Å²) in [6.07, 6.45) is 0.859. The molecule has 1 aromatic heterocycles. The normalized spacial score (nSPS) is 20.6. The van der Waals surface area contributed by atoms with Crippen molar-refractivity contribution in [2.24, 2.45) is 17.8 Å². The Bertz CT molecular complexity index is 1180. The van der Waals surface area contributed by atoms with Gasteiger partial charge >= 0.3 is 6.18 Å². The number of aromatic nitrogens is 2. The van der Waals surface area contributed by atoms with Gasteiger partial charge < -0.3 is 15.1 Å². The third-order valence-corrected chi connectivity index (χ3v) is 8.25. The number of hydrogen-bond donors (Lipinski definition) is 1. The highest BCUT2D eigenvalue weighted by atomic mass is 19.4. The second-order valence-corrected chi connectivity index (χ2v) is 11.8. The van der Waals surface area contributed by atoms with Gasteiger partial charge in [0.15, 0.2) is 0 Å². The van der Waals surface area contributed by atoms with Gasteiger partial charge in [0.25, 0.3) is 5.91 Å². The summed E-state index contributed by atoms with van der Waals surface area (Å²) in [7, 11) is 3.90.